The summed E-state index contributed by atoms with van der Waals surface area (Å²) in [5, 5.41) is 4.02. The second kappa shape index (κ2) is 19.0. The Bertz CT molecular complexity index is 702. The Morgan fingerprint density at radius 2 is 1.19 bits per heavy atom. The van der Waals surface area contributed by atoms with Crippen LogP contribution in [0.4, 0.5) is 0 Å². The SMILES string of the molecule is CCCOC(CC(O[Si](NC1CCCCC1)(OCCC)[SiH]1CCCCC1)C1CCCC1)(NC1CCCCC1)OCCC. The zero-order valence-electron chi connectivity index (χ0n) is 27.9. The maximum absolute atomic E-state index is 7.84. The standard InChI is InChI=1S/C34H68N2O4Si2/c1-4-24-37-34(38-25-5-2,35-31-20-10-7-11-21-31)29-33(30-18-14-15-19-30)40-42(39-26-6-3,41-27-16-9-17-28-41)36-32-22-12-8-13-23-32/h30-33,35-36,41H,4-29H2,1-3H3. The fraction of sp³-hybridized carbons (Fsp3) is 1.00. The highest BCUT2D eigenvalue weighted by Crippen LogP contribution is 2.38. The Morgan fingerprint density at radius 3 is 1.76 bits per heavy atom. The topological polar surface area (TPSA) is 61.0 Å². The van der Waals surface area contributed by atoms with Gasteiger partial charge in [0.15, 0.2) is 0 Å². The van der Waals surface area contributed by atoms with Crippen molar-refractivity contribution < 1.29 is 18.3 Å². The van der Waals surface area contributed by atoms with Crippen molar-refractivity contribution in [2.75, 3.05) is 19.8 Å². The van der Waals surface area contributed by atoms with Crippen LogP contribution >= 0.6 is 0 Å². The Balaban J connectivity index is 1.66. The predicted octanol–water partition coefficient (Wildman–Crippen LogP) is 8.16. The van der Waals surface area contributed by atoms with Crippen LogP contribution in [0.1, 0.15) is 156 Å². The third-order valence-electron chi connectivity index (χ3n) is 10.5. The van der Waals surface area contributed by atoms with Gasteiger partial charge in [-0.3, -0.25) is 10.3 Å². The summed E-state index contributed by atoms with van der Waals surface area (Å²) in [4.78, 5) is 4.34. The van der Waals surface area contributed by atoms with Crippen LogP contribution in [0.25, 0.3) is 0 Å². The normalized spacial score (nSPS) is 24.6. The molecule has 1 aliphatic heterocycles. The van der Waals surface area contributed by atoms with Gasteiger partial charge >= 0.3 is 8.24 Å². The van der Waals surface area contributed by atoms with Crippen molar-refractivity contribution in [1.82, 2.24) is 10.3 Å². The van der Waals surface area contributed by atoms with Gasteiger partial charge in [-0.2, -0.15) is 0 Å². The first kappa shape index (κ1) is 35.1. The van der Waals surface area contributed by atoms with E-state index in [4.69, 9.17) is 18.3 Å². The van der Waals surface area contributed by atoms with Gasteiger partial charge in [0, 0.05) is 25.1 Å². The second-order valence-electron chi connectivity index (χ2n) is 14.2. The Morgan fingerprint density at radius 1 is 0.667 bits per heavy atom. The van der Waals surface area contributed by atoms with E-state index in [1.807, 2.05) is 0 Å². The molecule has 0 amide bonds. The molecular weight excluding hydrogens is 557 g/mol. The van der Waals surface area contributed by atoms with E-state index >= 15 is 0 Å². The molecule has 0 aromatic rings. The molecule has 8 heteroatoms. The average Bonchev–Trinajstić information content (AvgIpc) is 3.58. The molecule has 1 heterocycles. The Kier molecular flexibility index (Phi) is 15.9. The number of rotatable bonds is 19. The van der Waals surface area contributed by atoms with Crippen LogP contribution in [-0.4, -0.2) is 60.5 Å². The largest absolute Gasteiger partial charge is 0.394 e. The molecule has 42 heavy (non-hydrogen) atoms. The summed E-state index contributed by atoms with van der Waals surface area (Å²) in [5.74, 6) is -0.207. The highest BCUT2D eigenvalue weighted by atomic mass is 29.3. The fourth-order valence-corrected chi connectivity index (χ4v) is 20.9. The van der Waals surface area contributed by atoms with E-state index in [0.29, 0.717) is 31.2 Å². The van der Waals surface area contributed by atoms with Crippen LogP contribution in [0, 0.1) is 5.92 Å². The van der Waals surface area contributed by atoms with E-state index in [1.165, 1.54) is 121 Å². The van der Waals surface area contributed by atoms with Crippen molar-refractivity contribution >= 4 is 16.6 Å². The van der Waals surface area contributed by atoms with Gasteiger partial charge < -0.3 is 18.3 Å². The van der Waals surface area contributed by atoms with Gasteiger partial charge in [-0.05, 0) is 63.7 Å². The summed E-state index contributed by atoms with van der Waals surface area (Å²) < 4.78 is 28.7. The van der Waals surface area contributed by atoms with Gasteiger partial charge in [0.05, 0.1) is 19.3 Å². The van der Waals surface area contributed by atoms with E-state index in [9.17, 15) is 0 Å². The molecule has 3 saturated carbocycles. The molecule has 1 saturated heterocycles. The molecule has 4 aliphatic rings. The smallest absolute Gasteiger partial charge is 0.386 e. The third-order valence-corrected chi connectivity index (χ3v) is 22.3. The molecular formula is C34H68N2O4Si2. The van der Waals surface area contributed by atoms with Gasteiger partial charge in [-0.1, -0.05) is 103 Å². The van der Waals surface area contributed by atoms with Crippen molar-refractivity contribution in [2.45, 2.75) is 192 Å². The van der Waals surface area contributed by atoms with Crippen LogP contribution < -0.4 is 10.3 Å². The quantitative estimate of drug-likeness (QED) is 0.112. The summed E-state index contributed by atoms with van der Waals surface area (Å²) in [6.07, 6.45) is 26.3. The lowest BCUT2D eigenvalue weighted by Gasteiger charge is -2.47. The molecule has 0 spiro atoms. The van der Waals surface area contributed by atoms with E-state index < -0.39 is 22.5 Å². The molecule has 2 unspecified atom stereocenters. The Labute approximate surface area is 262 Å². The van der Waals surface area contributed by atoms with Crippen LogP contribution in [0.15, 0.2) is 0 Å². The molecule has 3 aliphatic carbocycles. The number of hydrogen-bond donors (Lipinski definition) is 2. The maximum Gasteiger partial charge on any atom is 0.394 e. The third kappa shape index (κ3) is 10.6. The second-order valence-corrected chi connectivity index (χ2v) is 23.6. The summed E-state index contributed by atoms with van der Waals surface area (Å²) >= 11 is 0. The lowest BCUT2D eigenvalue weighted by atomic mass is 9.93. The van der Waals surface area contributed by atoms with Crippen molar-refractivity contribution in [1.29, 1.82) is 0 Å². The lowest BCUT2D eigenvalue weighted by molar-refractivity contribution is -0.276. The van der Waals surface area contributed by atoms with E-state index in [-0.39, 0.29) is 6.10 Å². The molecule has 246 valence electrons. The summed E-state index contributed by atoms with van der Waals surface area (Å²) in [5.41, 5.74) is 0. The highest BCUT2D eigenvalue weighted by molar-refractivity contribution is 7.26. The fourth-order valence-electron chi connectivity index (χ4n) is 8.23. The molecule has 2 atom stereocenters. The van der Waals surface area contributed by atoms with Crippen molar-refractivity contribution in [2.24, 2.45) is 5.92 Å². The minimum atomic E-state index is -2.60. The molecule has 0 aromatic heterocycles. The number of ether oxygens (including phenoxy) is 2. The first-order valence-corrected chi connectivity index (χ1v) is 24.0. The van der Waals surface area contributed by atoms with Crippen LogP contribution in [0.3, 0.4) is 0 Å². The maximum atomic E-state index is 7.84. The predicted molar refractivity (Wildman–Crippen MR) is 179 cm³/mol. The molecule has 6 nitrogen and oxygen atoms in total. The molecule has 4 rings (SSSR count). The van der Waals surface area contributed by atoms with E-state index in [1.54, 1.807) is 0 Å². The monoisotopic (exact) mass is 624 g/mol. The first-order chi connectivity index (χ1) is 20.6. The van der Waals surface area contributed by atoms with Crippen molar-refractivity contribution in [3.05, 3.63) is 0 Å². The Hall–Kier alpha value is 0.194. The zero-order valence-corrected chi connectivity index (χ0v) is 30.1. The average molecular weight is 625 g/mol. The number of hydrogen-bond acceptors (Lipinski definition) is 6. The molecule has 0 bridgehead atoms. The molecule has 2 N–H and O–H groups in total. The van der Waals surface area contributed by atoms with Gasteiger partial charge in [0.1, 0.15) is 8.31 Å². The van der Waals surface area contributed by atoms with Crippen LogP contribution in [0.2, 0.25) is 12.1 Å². The van der Waals surface area contributed by atoms with E-state index in [2.05, 4.69) is 31.1 Å². The van der Waals surface area contributed by atoms with Gasteiger partial charge in [-0.25, -0.2) is 0 Å². The van der Waals surface area contributed by atoms with Gasteiger partial charge in [0.25, 0.3) is 0 Å². The van der Waals surface area contributed by atoms with Gasteiger partial charge in [0.2, 0.25) is 5.91 Å². The molecule has 0 aromatic carbocycles. The summed E-state index contributed by atoms with van der Waals surface area (Å²) in [6.45, 7) is 8.97. The van der Waals surface area contributed by atoms with Crippen LogP contribution in [0.5, 0.6) is 0 Å². The minimum absolute atomic E-state index is 0.117. The molecule has 4 fully saturated rings. The molecule has 0 radical (unpaired) electrons. The minimum Gasteiger partial charge on any atom is -0.386 e. The highest BCUT2D eigenvalue weighted by Gasteiger charge is 2.53. The van der Waals surface area contributed by atoms with Crippen molar-refractivity contribution in [3.63, 3.8) is 0 Å². The summed E-state index contributed by atoms with van der Waals surface area (Å²) in [6, 6.07) is 3.80. The van der Waals surface area contributed by atoms with E-state index in [0.717, 1.165) is 32.3 Å². The first-order valence-electron chi connectivity index (χ1n) is 18.8. The lowest BCUT2D eigenvalue weighted by Crippen LogP contribution is -2.72. The van der Waals surface area contributed by atoms with Crippen LogP contribution in [-0.2, 0) is 18.3 Å². The van der Waals surface area contributed by atoms with Crippen molar-refractivity contribution in [3.8, 4) is 0 Å². The number of nitrogens with one attached hydrogen (secondary N) is 2. The zero-order chi connectivity index (χ0) is 29.5. The summed E-state index contributed by atoms with van der Waals surface area (Å²) in [7, 11) is -3.84. The van der Waals surface area contributed by atoms with Gasteiger partial charge in [-0.15, -0.1) is 0 Å².